The number of nitrogens with zero attached hydrogens (tertiary/aromatic N) is 3. The Balaban J connectivity index is 1.63. The van der Waals surface area contributed by atoms with E-state index in [2.05, 4.69) is 4.98 Å². The van der Waals surface area contributed by atoms with E-state index in [4.69, 9.17) is 5.21 Å². The number of halogens is 1. The van der Waals surface area contributed by atoms with Gasteiger partial charge in [0.25, 0.3) is 5.91 Å². The van der Waals surface area contributed by atoms with Crippen LogP contribution >= 0.6 is 11.3 Å². The molecule has 2 aromatic rings. The number of benzene rings is 1. The van der Waals surface area contributed by atoms with E-state index in [0.29, 0.717) is 13.1 Å². The van der Waals surface area contributed by atoms with Crippen LogP contribution in [0, 0.1) is 5.82 Å². The van der Waals surface area contributed by atoms with E-state index >= 15 is 0 Å². The lowest BCUT2D eigenvalue weighted by molar-refractivity contribution is -0.124. The summed E-state index contributed by atoms with van der Waals surface area (Å²) < 4.78 is 39.6. The number of aromatic nitrogens is 1. The standard InChI is InChI=1S/C16H17FN4O4S2/c17-12-1-4-14(5-2-12)27(24,25)21-9-7-20(8-10-21)16-18-11-13(26-16)3-6-15(22)19-23/h1-6,11,23H,7-10H2,(H,19,22)/b6-3+. The van der Waals surface area contributed by atoms with Crippen LogP contribution in [0.1, 0.15) is 4.88 Å². The lowest BCUT2D eigenvalue weighted by Gasteiger charge is -2.33. The Hall–Kier alpha value is -2.34. The Kier molecular flexibility index (Phi) is 5.85. The Morgan fingerprint density at radius 1 is 1.22 bits per heavy atom. The first-order valence-electron chi connectivity index (χ1n) is 7.99. The van der Waals surface area contributed by atoms with Crippen molar-refractivity contribution in [3.05, 3.63) is 47.2 Å². The van der Waals surface area contributed by atoms with Crippen molar-refractivity contribution in [3.8, 4) is 0 Å². The average molecular weight is 412 g/mol. The minimum absolute atomic E-state index is 0.0705. The number of carbonyl (C=O) groups is 1. The molecule has 0 unspecified atom stereocenters. The Morgan fingerprint density at radius 3 is 2.52 bits per heavy atom. The first kappa shape index (κ1) is 19.4. The molecule has 2 N–H and O–H groups in total. The number of rotatable bonds is 5. The normalized spacial score (nSPS) is 16.0. The van der Waals surface area contributed by atoms with Crippen LogP contribution in [0.15, 0.2) is 41.4 Å². The van der Waals surface area contributed by atoms with Gasteiger partial charge in [-0.3, -0.25) is 10.0 Å². The van der Waals surface area contributed by atoms with E-state index in [1.54, 1.807) is 6.20 Å². The van der Waals surface area contributed by atoms with Crippen LogP contribution in [0.3, 0.4) is 0 Å². The second-order valence-electron chi connectivity index (χ2n) is 5.70. The fraction of sp³-hybridized carbons (Fsp3) is 0.250. The maximum atomic E-state index is 13.0. The van der Waals surface area contributed by atoms with Crippen molar-refractivity contribution in [3.63, 3.8) is 0 Å². The smallest absolute Gasteiger partial charge is 0.267 e. The van der Waals surface area contributed by atoms with Crippen molar-refractivity contribution in [2.45, 2.75) is 4.90 Å². The molecule has 0 atom stereocenters. The molecule has 2 heterocycles. The molecule has 1 fully saturated rings. The molecule has 0 radical (unpaired) electrons. The molecule has 11 heteroatoms. The summed E-state index contributed by atoms with van der Waals surface area (Å²) in [5, 5.41) is 9.19. The molecular weight excluding hydrogens is 395 g/mol. The highest BCUT2D eigenvalue weighted by atomic mass is 32.2. The minimum Gasteiger partial charge on any atom is -0.345 e. The van der Waals surface area contributed by atoms with Crippen LogP contribution < -0.4 is 10.4 Å². The van der Waals surface area contributed by atoms with Crippen molar-refractivity contribution >= 4 is 38.5 Å². The Bertz CT molecular complexity index is 936. The van der Waals surface area contributed by atoms with Crippen LogP contribution in [-0.2, 0) is 14.8 Å². The predicted molar refractivity (Wildman–Crippen MR) is 98.4 cm³/mol. The first-order chi connectivity index (χ1) is 12.9. The third kappa shape index (κ3) is 4.50. The van der Waals surface area contributed by atoms with Gasteiger partial charge in [-0.15, -0.1) is 0 Å². The summed E-state index contributed by atoms with van der Waals surface area (Å²) in [6, 6.07) is 4.79. The van der Waals surface area contributed by atoms with Gasteiger partial charge in [-0.2, -0.15) is 4.31 Å². The van der Waals surface area contributed by atoms with Crippen LogP contribution in [-0.4, -0.2) is 55.0 Å². The second kappa shape index (κ2) is 8.13. The molecule has 0 aliphatic carbocycles. The molecule has 0 saturated carbocycles. The molecule has 27 heavy (non-hydrogen) atoms. The van der Waals surface area contributed by atoms with Gasteiger partial charge in [0.05, 0.1) is 4.90 Å². The van der Waals surface area contributed by atoms with Crippen LogP contribution in [0.25, 0.3) is 6.08 Å². The largest absolute Gasteiger partial charge is 0.345 e. The molecule has 0 bridgehead atoms. The summed E-state index contributed by atoms with van der Waals surface area (Å²) in [6.07, 6.45) is 4.31. The average Bonchev–Trinajstić information content (AvgIpc) is 3.15. The van der Waals surface area contributed by atoms with Gasteiger partial charge in [-0.05, 0) is 30.3 Å². The number of sulfonamides is 1. The maximum Gasteiger partial charge on any atom is 0.267 e. The second-order valence-corrected chi connectivity index (χ2v) is 8.68. The SMILES string of the molecule is O=C(/C=C/c1cnc(N2CCN(S(=O)(=O)c3ccc(F)cc3)CC2)s1)NO. The zero-order valence-electron chi connectivity index (χ0n) is 14.1. The third-order valence-electron chi connectivity index (χ3n) is 3.98. The van der Waals surface area contributed by atoms with Gasteiger partial charge in [0.1, 0.15) is 5.82 Å². The number of carbonyl (C=O) groups excluding carboxylic acids is 1. The van der Waals surface area contributed by atoms with Crippen molar-refractivity contribution in [2.24, 2.45) is 0 Å². The van der Waals surface area contributed by atoms with E-state index in [1.807, 2.05) is 4.90 Å². The van der Waals surface area contributed by atoms with Gasteiger partial charge in [-0.25, -0.2) is 23.3 Å². The summed E-state index contributed by atoms with van der Waals surface area (Å²) in [5.41, 5.74) is 1.51. The zero-order chi connectivity index (χ0) is 19.4. The molecule has 1 aliphatic heterocycles. The summed E-state index contributed by atoms with van der Waals surface area (Å²) in [7, 11) is -3.66. The van der Waals surface area contributed by atoms with Crippen molar-refractivity contribution in [1.82, 2.24) is 14.8 Å². The van der Waals surface area contributed by atoms with Crippen LogP contribution in [0.5, 0.6) is 0 Å². The fourth-order valence-corrected chi connectivity index (χ4v) is 4.86. The molecule has 1 aliphatic rings. The van der Waals surface area contributed by atoms with E-state index in [1.165, 1.54) is 45.4 Å². The third-order valence-corrected chi connectivity index (χ3v) is 6.92. The highest BCUT2D eigenvalue weighted by Crippen LogP contribution is 2.26. The first-order valence-corrected chi connectivity index (χ1v) is 10.2. The van der Waals surface area contributed by atoms with Gasteiger partial charge >= 0.3 is 0 Å². The van der Waals surface area contributed by atoms with Gasteiger partial charge in [-0.1, -0.05) is 11.3 Å². The predicted octanol–water partition coefficient (Wildman–Crippen LogP) is 1.31. The molecule has 1 aromatic heterocycles. The number of piperazine rings is 1. The molecule has 1 aromatic carbocycles. The fourth-order valence-electron chi connectivity index (χ4n) is 2.57. The number of nitrogens with one attached hydrogen (secondary N) is 1. The summed E-state index contributed by atoms with van der Waals surface area (Å²) in [6.45, 7) is 1.51. The summed E-state index contributed by atoms with van der Waals surface area (Å²) >= 11 is 1.36. The number of anilines is 1. The van der Waals surface area contributed by atoms with Crippen LogP contribution in [0.4, 0.5) is 9.52 Å². The van der Waals surface area contributed by atoms with Crippen LogP contribution in [0.2, 0.25) is 0 Å². The lowest BCUT2D eigenvalue weighted by atomic mass is 10.4. The van der Waals surface area contributed by atoms with E-state index in [0.717, 1.165) is 22.1 Å². The molecule has 8 nitrogen and oxygen atoms in total. The van der Waals surface area contributed by atoms with Crippen molar-refractivity contribution < 1.29 is 22.8 Å². The van der Waals surface area contributed by atoms with E-state index < -0.39 is 21.7 Å². The number of amides is 1. The highest BCUT2D eigenvalue weighted by Gasteiger charge is 2.29. The number of hydrogen-bond donors (Lipinski definition) is 2. The Morgan fingerprint density at radius 2 is 1.89 bits per heavy atom. The number of thiazole rings is 1. The maximum absolute atomic E-state index is 13.0. The molecular formula is C16H17FN4O4S2. The topological polar surface area (TPSA) is 103 Å². The number of hydrogen-bond acceptors (Lipinski definition) is 7. The Labute approximate surface area is 159 Å². The van der Waals surface area contributed by atoms with Gasteiger partial charge in [0.2, 0.25) is 10.0 Å². The summed E-state index contributed by atoms with van der Waals surface area (Å²) in [4.78, 5) is 18.1. The highest BCUT2D eigenvalue weighted by molar-refractivity contribution is 7.89. The minimum atomic E-state index is -3.66. The van der Waals surface area contributed by atoms with Gasteiger partial charge in [0, 0.05) is 43.3 Å². The van der Waals surface area contributed by atoms with Gasteiger partial charge in [0.15, 0.2) is 5.13 Å². The molecule has 144 valence electrons. The monoisotopic (exact) mass is 412 g/mol. The van der Waals surface area contributed by atoms with Gasteiger partial charge < -0.3 is 4.90 Å². The quantitative estimate of drug-likeness (QED) is 0.436. The zero-order valence-corrected chi connectivity index (χ0v) is 15.7. The molecule has 1 amide bonds. The lowest BCUT2D eigenvalue weighted by Crippen LogP contribution is -2.48. The van der Waals surface area contributed by atoms with E-state index in [9.17, 15) is 17.6 Å². The molecule has 0 spiro atoms. The summed E-state index contributed by atoms with van der Waals surface area (Å²) in [5.74, 6) is -1.12. The van der Waals surface area contributed by atoms with Crippen molar-refractivity contribution in [1.29, 1.82) is 0 Å². The molecule has 1 saturated heterocycles. The van der Waals surface area contributed by atoms with E-state index in [-0.39, 0.29) is 18.0 Å². The van der Waals surface area contributed by atoms with Crippen molar-refractivity contribution in [2.75, 3.05) is 31.1 Å². The molecule has 3 rings (SSSR count). The number of hydroxylamine groups is 1.